The maximum atomic E-state index is 6.60. The van der Waals surface area contributed by atoms with Crippen molar-refractivity contribution >= 4 is 39.0 Å². The van der Waals surface area contributed by atoms with Gasteiger partial charge in [-0.1, -0.05) is 91.7 Å². The van der Waals surface area contributed by atoms with Gasteiger partial charge in [0.25, 0.3) is 0 Å². The molecule has 274 valence electrons. The Kier molecular flexibility index (Phi) is 6.02. The molecule has 8 aliphatic carbocycles. The van der Waals surface area contributed by atoms with Crippen LogP contribution in [0, 0.1) is 35.5 Å². The molecule has 6 bridgehead atoms. The van der Waals surface area contributed by atoms with Gasteiger partial charge in [-0.15, -0.1) is 0 Å². The smallest absolute Gasteiger partial charge is 0.137 e. The number of nitrogens with zero attached hydrogens (tertiary/aromatic N) is 1. The van der Waals surface area contributed by atoms with E-state index in [1.54, 1.807) is 22.3 Å². The minimum Gasteiger partial charge on any atom is -0.456 e. The lowest BCUT2D eigenvalue weighted by molar-refractivity contribution is 0.0618. The third-order valence-corrected chi connectivity index (χ3v) is 17.0. The molecule has 2 spiro atoms. The quantitative estimate of drug-likeness (QED) is 0.180. The van der Waals surface area contributed by atoms with Crippen LogP contribution in [0.4, 0.5) is 17.1 Å². The summed E-state index contributed by atoms with van der Waals surface area (Å²) < 4.78 is 6.60. The predicted octanol–water partition coefficient (Wildman–Crippen LogP) is 14.3. The second-order valence-electron chi connectivity index (χ2n) is 19.2. The zero-order valence-electron chi connectivity index (χ0n) is 32.0. The minimum atomic E-state index is 0.106. The first-order valence-electron chi connectivity index (χ1n) is 21.9. The number of fused-ring (bicyclic) bond motifs is 15. The Morgan fingerprint density at radius 1 is 0.429 bits per heavy atom. The summed E-state index contributed by atoms with van der Waals surface area (Å²) in [5.41, 5.74) is 18.1. The maximum absolute atomic E-state index is 6.60. The van der Waals surface area contributed by atoms with Crippen molar-refractivity contribution in [2.24, 2.45) is 35.5 Å². The molecule has 0 amide bonds. The summed E-state index contributed by atoms with van der Waals surface area (Å²) in [5.74, 6) is 4.83. The lowest BCUT2D eigenvalue weighted by Crippen LogP contribution is -2.48. The molecule has 6 saturated carbocycles. The highest BCUT2D eigenvalue weighted by atomic mass is 16.3. The van der Waals surface area contributed by atoms with E-state index in [1.165, 1.54) is 114 Å². The van der Waals surface area contributed by atoms with E-state index >= 15 is 0 Å². The first-order valence-corrected chi connectivity index (χ1v) is 21.9. The van der Waals surface area contributed by atoms with Gasteiger partial charge in [0.1, 0.15) is 11.2 Å². The van der Waals surface area contributed by atoms with Gasteiger partial charge in [0, 0.05) is 44.7 Å². The van der Waals surface area contributed by atoms with E-state index in [2.05, 4.69) is 132 Å². The van der Waals surface area contributed by atoms with E-state index in [1.807, 2.05) is 0 Å². The van der Waals surface area contributed by atoms with Crippen molar-refractivity contribution in [3.8, 4) is 22.3 Å². The second-order valence-corrected chi connectivity index (χ2v) is 19.2. The molecule has 56 heavy (non-hydrogen) atoms. The van der Waals surface area contributed by atoms with Crippen molar-refractivity contribution in [1.29, 1.82) is 0 Å². The first kappa shape index (κ1) is 31.1. The standard InChI is InChI=1S/C54H47NO/c1-4-10-47-41(7-1)43-20-17-38(28-49(43)53(47)31-33-14-15-35(53)25-33)55(40-19-22-46-45-9-3-6-12-51(45)56-52(46)30-40)39-18-21-44-42-8-2-5-11-48(42)54(50(44)29-39)36-16-13-32-23-34(26-36)27-37(54)24-32/h1-12,17-22,28-30,32-37H,13-16,23-27,31H2. The van der Waals surface area contributed by atoms with Gasteiger partial charge in [-0.2, -0.15) is 0 Å². The van der Waals surface area contributed by atoms with Crippen LogP contribution in [-0.2, 0) is 10.8 Å². The predicted molar refractivity (Wildman–Crippen MR) is 228 cm³/mol. The molecule has 0 N–H and O–H groups in total. The minimum absolute atomic E-state index is 0.106. The van der Waals surface area contributed by atoms with Gasteiger partial charge in [0.05, 0.1) is 0 Å². The van der Waals surface area contributed by atoms with Gasteiger partial charge in [0.15, 0.2) is 0 Å². The fourth-order valence-electron chi connectivity index (χ4n) is 15.2. The molecule has 0 saturated heterocycles. The van der Waals surface area contributed by atoms with Crippen LogP contribution < -0.4 is 4.90 Å². The lowest BCUT2D eigenvalue weighted by atomic mass is 9.51. The highest BCUT2D eigenvalue weighted by Gasteiger charge is 2.60. The van der Waals surface area contributed by atoms with E-state index in [-0.39, 0.29) is 10.8 Å². The van der Waals surface area contributed by atoms with Gasteiger partial charge in [-0.05, 0) is 174 Å². The monoisotopic (exact) mass is 725 g/mol. The molecule has 2 heteroatoms. The lowest BCUT2D eigenvalue weighted by Gasteiger charge is -2.53. The average Bonchev–Trinajstić information content (AvgIpc) is 4.03. The highest BCUT2D eigenvalue weighted by molar-refractivity contribution is 6.06. The number of rotatable bonds is 3. The van der Waals surface area contributed by atoms with Crippen LogP contribution in [0.3, 0.4) is 0 Å². The van der Waals surface area contributed by atoms with E-state index in [0.29, 0.717) is 5.92 Å². The van der Waals surface area contributed by atoms with Gasteiger partial charge in [-0.25, -0.2) is 0 Å². The van der Waals surface area contributed by atoms with E-state index in [4.69, 9.17) is 4.42 Å². The first-order chi connectivity index (χ1) is 27.7. The van der Waals surface area contributed by atoms with E-state index in [9.17, 15) is 0 Å². The number of benzene rings is 6. The molecular weight excluding hydrogens is 679 g/mol. The Bertz CT molecular complexity index is 2800. The van der Waals surface area contributed by atoms with Crippen molar-refractivity contribution in [3.63, 3.8) is 0 Å². The van der Waals surface area contributed by atoms with Crippen LogP contribution in [0.5, 0.6) is 0 Å². The molecule has 2 nitrogen and oxygen atoms in total. The van der Waals surface area contributed by atoms with Gasteiger partial charge < -0.3 is 9.32 Å². The van der Waals surface area contributed by atoms with Crippen molar-refractivity contribution in [2.75, 3.05) is 4.90 Å². The van der Waals surface area contributed by atoms with Crippen LogP contribution >= 0.6 is 0 Å². The summed E-state index contributed by atoms with van der Waals surface area (Å²) in [6.45, 7) is 0. The Hall–Kier alpha value is -5.08. The Morgan fingerprint density at radius 2 is 1.04 bits per heavy atom. The summed E-state index contributed by atoms with van der Waals surface area (Å²) in [4.78, 5) is 2.59. The Labute approximate surface area is 329 Å². The number of para-hydroxylation sites is 1. The SMILES string of the molecule is c1ccc2c(c1)-c1ccc(N(c3ccc4c(c3)C3(c5ccccc5-4)C4CCC5CC(C4)CC3C5)c3ccc4c(c3)oc3ccccc34)cc1C21CC2CCC1C2. The third kappa shape index (κ3) is 3.80. The number of anilines is 3. The molecule has 1 heterocycles. The Morgan fingerprint density at radius 3 is 1.88 bits per heavy atom. The molecule has 7 aromatic rings. The van der Waals surface area contributed by atoms with Crippen molar-refractivity contribution in [3.05, 3.63) is 150 Å². The molecule has 8 unspecified atom stereocenters. The second kappa shape index (κ2) is 10.9. The van der Waals surface area contributed by atoms with Gasteiger partial charge >= 0.3 is 0 Å². The van der Waals surface area contributed by atoms with Crippen LogP contribution in [0.2, 0.25) is 0 Å². The van der Waals surface area contributed by atoms with Crippen molar-refractivity contribution in [2.45, 2.75) is 75.0 Å². The average molecular weight is 726 g/mol. The van der Waals surface area contributed by atoms with Crippen LogP contribution in [0.25, 0.3) is 44.2 Å². The molecule has 0 radical (unpaired) electrons. The van der Waals surface area contributed by atoms with Crippen LogP contribution in [0.1, 0.15) is 86.5 Å². The number of hydrogen-bond acceptors (Lipinski definition) is 2. The van der Waals surface area contributed by atoms with Gasteiger partial charge in [-0.3, -0.25) is 0 Å². The fourth-order valence-corrected chi connectivity index (χ4v) is 15.2. The fraction of sp³-hybridized carbons (Fsp3) is 0.333. The molecule has 8 aliphatic rings. The van der Waals surface area contributed by atoms with Crippen molar-refractivity contribution < 1.29 is 4.42 Å². The van der Waals surface area contributed by atoms with Crippen LogP contribution in [-0.4, -0.2) is 0 Å². The third-order valence-electron chi connectivity index (χ3n) is 17.0. The van der Waals surface area contributed by atoms with Crippen molar-refractivity contribution in [1.82, 2.24) is 0 Å². The molecular formula is C54H47NO. The Balaban J connectivity index is 1.00. The zero-order valence-corrected chi connectivity index (χ0v) is 32.0. The maximum Gasteiger partial charge on any atom is 0.137 e. The zero-order chi connectivity index (χ0) is 36.3. The molecule has 15 rings (SSSR count). The molecule has 6 fully saturated rings. The van der Waals surface area contributed by atoms with Gasteiger partial charge in [0.2, 0.25) is 0 Å². The molecule has 1 aromatic heterocycles. The summed E-state index contributed by atoms with van der Waals surface area (Å²) in [7, 11) is 0. The summed E-state index contributed by atoms with van der Waals surface area (Å²) in [5, 5.41) is 2.37. The van der Waals surface area contributed by atoms with E-state index < -0.39 is 0 Å². The van der Waals surface area contributed by atoms with Crippen LogP contribution in [0.15, 0.2) is 132 Å². The summed E-state index contributed by atoms with van der Waals surface area (Å²) in [6.07, 6.45) is 13.9. The highest BCUT2D eigenvalue weighted by Crippen LogP contribution is 2.69. The molecule has 0 aliphatic heterocycles. The molecule has 6 aromatic carbocycles. The number of hydrogen-bond donors (Lipinski definition) is 0. The number of furan rings is 1. The van der Waals surface area contributed by atoms with E-state index in [0.717, 1.165) is 40.8 Å². The normalized spacial score (nSPS) is 31.0. The summed E-state index contributed by atoms with van der Waals surface area (Å²) in [6, 6.07) is 49.6. The largest absolute Gasteiger partial charge is 0.456 e. The molecule has 8 atom stereocenters. The summed E-state index contributed by atoms with van der Waals surface area (Å²) >= 11 is 0. The topological polar surface area (TPSA) is 16.4 Å².